The maximum Gasteiger partial charge on any atom is 0.262 e. The Hall–Kier alpha value is -3.62. The molecule has 4 aromatic rings. The summed E-state index contributed by atoms with van der Waals surface area (Å²) in [4.78, 5) is 30.0. The van der Waals surface area contributed by atoms with Gasteiger partial charge >= 0.3 is 0 Å². The molecule has 3 aromatic carbocycles. The smallest absolute Gasteiger partial charge is 0.262 e. The quantitative estimate of drug-likeness (QED) is 0.285. The Morgan fingerprint density at radius 1 is 0.970 bits per heavy atom. The van der Waals surface area contributed by atoms with Crippen LogP contribution in [0, 0.1) is 0 Å². The fourth-order valence-corrected chi connectivity index (χ4v) is 4.07. The first-order chi connectivity index (χ1) is 16.1. The van der Waals surface area contributed by atoms with E-state index in [-0.39, 0.29) is 23.8 Å². The van der Waals surface area contributed by atoms with Gasteiger partial charge in [-0.05, 0) is 55.0 Å². The zero-order chi connectivity index (χ0) is 23.0. The molecule has 0 saturated carbocycles. The van der Waals surface area contributed by atoms with Crippen molar-refractivity contribution in [1.29, 1.82) is 0 Å². The van der Waals surface area contributed by atoms with E-state index < -0.39 is 0 Å². The Morgan fingerprint density at radius 3 is 2.42 bits per heavy atom. The van der Waals surface area contributed by atoms with Gasteiger partial charge in [0, 0.05) is 18.8 Å². The van der Waals surface area contributed by atoms with Crippen molar-refractivity contribution in [3.63, 3.8) is 0 Å². The van der Waals surface area contributed by atoms with Crippen molar-refractivity contribution in [2.75, 3.05) is 17.7 Å². The number of aliphatic hydroxyl groups is 1. The summed E-state index contributed by atoms with van der Waals surface area (Å²) in [6, 6.07) is 23.7. The van der Waals surface area contributed by atoms with Crippen LogP contribution in [0.2, 0.25) is 0 Å². The van der Waals surface area contributed by atoms with Crippen molar-refractivity contribution >= 4 is 34.3 Å². The minimum atomic E-state index is -0.215. The molecule has 1 aromatic heterocycles. The molecule has 0 aliphatic carbocycles. The fourth-order valence-electron chi connectivity index (χ4n) is 3.24. The van der Waals surface area contributed by atoms with Crippen molar-refractivity contribution in [1.82, 2.24) is 9.55 Å². The summed E-state index contributed by atoms with van der Waals surface area (Å²) in [5, 5.41) is 13.0. The predicted octanol–water partition coefficient (Wildman–Crippen LogP) is 4.30. The van der Waals surface area contributed by atoms with E-state index in [9.17, 15) is 14.7 Å². The molecular formula is C25H23N3O4S. The lowest BCUT2D eigenvalue weighted by Gasteiger charge is -2.13. The van der Waals surface area contributed by atoms with E-state index in [0.29, 0.717) is 40.5 Å². The Kier molecular flexibility index (Phi) is 7.39. The predicted molar refractivity (Wildman–Crippen MR) is 130 cm³/mol. The summed E-state index contributed by atoms with van der Waals surface area (Å²) in [6.07, 6.45) is 0.428. The zero-order valence-electron chi connectivity index (χ0n) is 17.8. The highest BCUT2D eigenvalue weighted by molar-refractivity contribution is 7.99. The second-order valence-corrected chi connectivity index (χ2v) is 8.16. The fraction of sp³-hybridized carbons (Fsp3) is 0.160. The summed E-state index contributed by atoms with van der Waals surface area (Å²) >= 11 is 1.19. The van der Waals surface area contributed by atoms with Crippen molar-refractivity contribution in [2.24, 2.45) is 0 Å². The first-order valence-electron chi connectivity index (χ1n) is 10.5. The lowest BCUT2D eigenvalue weighted by molar-refractivity contribution is -0.113. The third-order valence-electron chi connectivity index (χ3n) is 4.82. The number of benzene rings is 3. The maximum absolute atomic E-state index is 12.9. The van der Waals surface area contributed by atoms with E-state index in [4.69, 9.17) is 4.74 Å². The van der Waals surface area contributed by atoms with Gasteiger partial charge < -0.3 is 15.2 Å². The lowest BCUT2D eigenvalue weighted by Crippen LogP contribution is -2.24. The number of aromatic nitrogens is 2. The Labute approximate surface area is 195 Å². The van der Waals surface area contributed by atoms with E-state index in [0.717, 1.165) is 5.75 Å². The van der Waals surface area contributed by atoms with Gasteiger partial charge in [0.25, 0.3) is 5.56 Å². The number of amides is 1. The topological polar surface area (TPSA) is 93.5 Å². The van der Waals surface area contributed by atoms with Gasteiger partial charge in [-0.15, -0.1) is 0 Å². The highest BCUT2D eigenvalue weighted by atomic mass is 32.2. The van der Waals surface area contributed by atoms with Gasteiger partial charge in [-0.25, -0.2) is 4.98 Å². The molecule has 0 aliphatic rings. The summed E-state index contributed by atoms with van der Waals surface area (Å²) in [5.41, 5.74) is 1.05. The molecule has 1 heterocycles. The van der Waals surface area contributed by atoms with Crippen molar-refractivity contribution in [3.8, 4) is 11.5 Å². The summed E-state index contributed by atoms with van der Waals surface area (Å²) in [7, 11) is 0. The van der Waals surface area contributed by atoms with E-state index in [1.54, 1.807) is 42.5 Å². The largest absolute Gasteiger partial charge is 0.457 e. The van der Waals surface area contributed by atoms with Gasteiger partial charge in [0.1, 0.15) is 11.5 Å². The number of fused-ring (bicyclic) bond motifs is 1. The van der Waals surface area contributed by atoms with Crippen LogP contribution < -0.4 is 15.6 Å². The molecule has 0 saturated heterocycles. The SMILES string of the molecule is O=C(CSc1nc2ccccc2c(=O)n1CCCO)Nc1ccc(Oc2ccccc2)cc1. The molecule has 168 valence electrons. The third kappa shape index (κ3) is 5.79. The van der Waals surface area contributed by atoms with Crippen LogP contribution in [0.25, 0.3) is 10.9 Å². The number of nitrogens with one attached hydrogen (secondary N) is 1. The van der Waals surface area contributed by atoms with Crippen LogP contribution in [0.3, 0.4) is 0 Å². The average molecular weight is 462 g/mol. The molecule has 1 amide bonds. The molecular weight excluding hydrogens is 438 g/mol. The number of nitrogens with zero attached hydrogens (tertiary/aromatic N) is 2. The van der Waals surface area contributed by atoms with Gasteiger partial charge in [0.2, 0.25) is 5.91 Å². The molecule has 0 bridgehead atoms. The van der Waals surface area contributed by atoms with Crippen molar-refractivity contribution in [3.05, 3.63) is 89.2 Å². The molecule has 4 rings (SSSR count). The summed E-state index contributed by atoms with van der Waals surface area (Å²) < 4.78 is 7.28. The van der Waals surface area contributed by atoms with Crippen LogP contribution in [-0.2, 0) is 11.3 Å². The summed E-state index contributed by atoms with van der Waals surface area (Å²) in [6.45, 7) is 0.299. The molecule has 33 heavy (non-hydrogen) atoms. The van der Waals surface area contributed by atoms with E-state index in [1.807, 2.05) is 36.4 Å². The molecule has 0 unspecified atom stereocenters. The highest BCUT2D eigenvalue weighted by Gasteiger charge is 2.13. The summed E-state index contributed by atoms with van der Waals surface area (Å²) in [5.74, 6) is 1.28. The van der Waals surface area contributed by atoms with Crippen LogP contribution in [-0.4, -0.2) is 32.9 Å². The monoisotopic (exact) mass is 461 g/mol. The number of rotatable bonds is 9. The van der Waals surface area contributed by atoms with Gasteiger partial charge in [-0.2, -0.15) is 0 Å². The van der Waals surface area contributed by atoms with Crippen molar-refractivity contribution in [2.45, 2.75) is 18.1 Å². The molecule has 8 heteroatoms. The standard InChI is InChI=1S/C25H23N3O4S/c29-16-6-15-28-24(31)21-9-4-5-10-22(21)27-25(28)33-17-23(30)26-18-11-13-20(14-12-18)32-19-7-2-1-3-8-19/h1-5,7-14,29H,6,15-17H2,(H,26,30). The van der Waals surface area contributed by atoms with E-state index in [1.165, 1.54) is 16.3 Å². The minimum absolute atomic E-state index is 0.0339. The second kappa shape index (κ2) is 10.8. The lowest BCUT2D eigenvalue weighted by atomic mass is 10.2. The number of thioether (sulfide) groups is 1. The molecule has 0 fully saturated rings. The van der Waals surface area contributed by atoms with Crippen LogP contribution in [0.1, 0.15) is 6.42 Å². The van der Waals surface area contributed by atoms with E-state index in [2.05, 4.69) is 10.3 Å². The van der Waals surface area contributed by atoms with Gasteiger partial charge in [0.05, 0.1) is 16.7 Å². The molecule has 2 N–H and O–H groups in total. The Balaban J connectivity index is 1.41. The van der Waals surface area contributed by atoms with Crippen LogP contribution in [0.15, 0.2) is 88.8 Å². The van der Waals surface area contributed by atoms with Crippen LogP contribution in [0.5, 0.6) is 11.5 Å². The average Bonchev–Trinajstić information content (AvgIpc) is 2.84. The van der Waals surface area contributed by atoms with Gasteiger partial charge in [0.15, 0.2) is 5.16 Å². The number of para-hydroxylation sites is 2. The molecule has 0 aliphatic heterocycles. The number of carbonyl (C=O) groups is 1. The second-order valence-electron chi connectivity index (χ2n) is 7.22. The number of aliphatic hydroxyl groups excluding tert-OH is 1. The zero-order valence-corrected chi connectivity index (χ0v) is 18.6. The number of hydrogen-bond donors (Lipinski definition) is 2. The number of ether oxygens (including phenoxy) is 1. The van der Waals surface area contributed by atoms with E-state index >= 15 is 0 Å². The van der Waals surface area contributed by atoms with Crippen LogP contribution in [0.4, 0.5) is 5.69 Å². The third-order valence-corrected chi connectivity index (χ3v) is 5.79. The highest BCUT2D eigenvalue weighted by Crippen LogP contribution is 2.23. The first kappa shape index (κ1) is 22.6. The molecule has 0 atom stereocenters. The minimum Gasteiger partial charge on any atom is -0.457 e. The molecule has 0 radical (unpaired) electrons. The normalized spacial score (nSPS) is 10.8. The number of hydrogen-bond acceptors (Lipinski definition) is 6. The number of anilines is 1. The molecule has 7 nitrogen and oxygen atoms in total. The Morgan fingerprint density at radius 2 is 1.67 bits per heavy atom. The van der Waals surface area contributed by atoms with Gasteiger partial charge in [-0.3, -0.25) is 14.2 Å². The maximum atomic E-state index is 12.9. The molecule has 0 spiro atoms. The first-order valence-corrected chi connectivity index (χ1v) is 11.5. The van der Waals surface area contributed by atoms with Gasteiger partial charge in [-0.1, -0.05) is 42.1 Å². The number of carbonyl (C=O) groups excluding carboxylic acids is 1. The van der Waals surface area contributed by atoms with Crippen molar-refractivity contribution < 1.29 is 14.6 Å². The van der Waals surface area contributed by atoms with Crippen LogP contribution >= 0.6 is 11.8 Å². The Bertz CT molecular complexity index is 1290.